The first kappa shape index (κ1) is 15.3. The highest BCUT2D eigenvalue weighted by Gasteiger charge is 2.29. The number of ether oxygens (including phenoxy) is 2. The Morgan fingerprint density at radius 3 is 2.91 bits per heavy atom. The zero-order valence-electron chi connectivity index (χ0n) is 13.1. The van der Waals surface area contributed by atoms with E-state index in [4.69, 9.17) is 9.47 Å². The molecule has 1 unspecified atom stereocenters. The van der Waals surface area contributed by atoms with Crippen molar-refractivity contribution >= 4 is 11.9 Å². The molecule has 1 aliphatic heterocycles. The van der Waals surface area contributed by atoms with Crippen molar-refractivity contribution in [3.63, 3.8) is 0 Å². The van der Waals surface area contributed by atoms with Gasteiger partial charge in [0.05, 0.1) is 20.3 Å². The Labute approximate surface area is 131 Å². The van der Waals surface area contributed by atoms with E-state index in [1.165, 1.54) is 0 Å². The molecule has 2 fully saturated rings. The van der Waals surface area contributed by atoms with Gasteiger partial charge in [0, 0.05) is 26.1 Å². The summed E-state index contributed by atoms with van der Waals surface area (Å²) in [6.45, 7) is 4.60. The fraction of sp³-hybridized carbons (Fsp3) is 0.500. The number of methoxy groups -OCH3 is 1. The second-order valence-corrected chi connectivity index (χ2v) is 6.06. The van der Waals surface area contributed by atoms with Crippen LogP contribution in [0.25, 0.3) is 6.08 Å². The predicted octanol–water partition coefficient (Wildman–Crippen LogP) is 2.39. The van der Waals surface area contributed by atoms with Crippen LogP contribution in [0.15, 0.2) is 29.8 Å². The van der Waals surface area contributed by atoms with Gasteiger partial charge in [-0.25, -0.2) is 0 Å². The standard InChI is InChI=1S/C18H23NO3/c1-21-17-4-2-3-14(11-17)9-16-10-15(12-18(16)20)13-19-5-7-22-8-6-19/h2-4,9,11,15H,5-8,10,12-13H2,1H3/b16-9+. The molecule has 22 heavy (non-hydrogen) atoms. The molecule has 1 aromatic carbocycles. The molecule has 1 aromatic rings. The van der Waals surface area contributed by atoms with E-state index in [0.29, 0.717) is 18.1 Å². The van der Waals surface area contributed by atoms with Crippen LogP contribution in [0.4, 0.5) is 0 Å². The third-order valence-corrected chi connectivity index (χ3v) is 4.40. The summed E-state index contributed by atoms with van der Waals surface area (Å²) in [5.41, 5.74) is 1.99. The zero-order valence-corrected chi connectivity index (χ0v) is 13.1. The van der Waals surface area contributed by atoms with Gasteiger partial charge in [0.2, 0.25) is 0 Å². The molecule has 118 valence electrons. The molecule has 0 aromatic heterocycles. The van der Waals surface area contributed by atoms with Gasteiger partial charge >= 0.3 is 0 Å². The van der Waals surface area contributed by atoms with Crippen molar-refractivity contribution in [2.45, 2.75) is 12.8 Å². The minimum Gasteiger partial charge on any atom is -0.497 e. The summed E-state index contributed by atoms with van der Waals surface area (Å²) < 4.78 is 10.6. The van der Waals surface area contributed by atoms with Crippen molar-refractivity contribution in [1.82, 2.24) is 4.90 Å². The Hall–Kier alpha value is -1.65. The Morgan fingerprint density at radius 1 is 1.32 bits per heavy atom. The summed E-state index contributed by atoms with van der Waals surface area (Å²) in [4.78, 5) is 14.7. The average Bonchev–Trinajstić information content (AvgIpc) is 2.88. The second-order valence-electron chi connectivity index (χ2n) is 6.06. The normalized spacial score (nSPS) is 24.9. The average molecular weight is 301 g/mol. The summed E-state index contributed by atoms with van der Waals surface area (Å²) >= 11 is 0. The number of ketones is 1. The number of carbonyl (C=O) groups is 1. The number of allylic oxidation sites excluding steroid dienone is 1. The Morgan fingerprint density at radius 2 is 2.14 bits per heavy atom. The van der Waals surface area contributed by atoms with Gasteiger partial charge in [-0.05, 0) is 41.7 Å². The van der Waals surface area contributed by atoms with Crippen LogP contribution in [-0.4, -0.2) is 50.6 Å². The SMILES string of the molecule is COc1cccc(/C=C2\CC(CN3CCOCC3)CC2=O)c1. The summed E-state index contributed by atoms with van der Waals surface area (Å²) in [6.07, 6.45) is 3.57. The topological polar surface area (TPSA) is 38.8 Å². The molecule has 1 saturated heterocycles. The molecule has 0 amide bonds. The van der Waals surface area contributed by atoms with E-state index in [1.807, 2.05) is 30.3 Å². The number of hydrogen-bond acceptors (Lipinski definition) is 4. The second kappa shape index (κ2) is 7.07. The Kier molecular flexibility index (Phi) is 4.90. The van der Waals surface area contributed by atoms with Crippen molar-refractivity contribution in [1.29, 1.82) is 0 Å². The molecule has 4 heteroatoms. The predicted molar refractivity (Wildman–Crippen MR) is 86.0 cm³/mol. The number of morpholine rings is 1. The quantitative estimate of drug-likeness (QED) is 0.801. The summed E-state index contributed by atoms with van der Waals surface area (Å²) in [7, 11) is 1.66. The first-order chi connectivity index (χ1) is 10.7. The van der Waals surface area contributed by atoms with Crippen LogP contribution in [0.2, 0.25) is 0 Å². The minimum atomic E-state index is 0.293. The molecule has 0 radical (unpaired) electrons. The van der Waals surface area contributed by atoms with Crippen LogP contribution in [0, 0.1) is 5.92 Å². The molecule has 1 heterocycles. The maximum atomic E-state index is 12.2. The lowest BCUT2D eigenvalue weighted by molar-refractivity contribution is -0.114. The number of carbonyl (C=O) groups excluding carboxylic acids is 1. The first-order valence-corrected chi connectivity index (χ1v) is 7.92. The summed E-state index contributed by atoms with van der Waals surface area (Å²) in [6, 6.07) is 7.85. The third-order valence-electron chi connectivity index (χ3n) is 4.40. The smallest absolute Gasteiger partial charge is 0.159 e. The Bertz CT molecular complexity index is 561. The van der Waals surface area contributed by atoms with Gasteiger partial charge in [-0.3, -0.25) is 9.69 Å². The fourth-order valence-electron chi connectivity index (χ4n) is 3.24. The van der Waals surface area contributed by atoms with Crippen LogP contribution in [-0.2, 0) is 9.53 Å². The zero-order chi connectivity index (χ0) is 15.4. The highest BCUT2D eigenvalue weighted by molar-refractivity contribution is 6.01. The lowest BCUT2D eigenvalue weighted by Crippen LogP contribution is -2.39. The monoisotopic (exact) mass is 301 g/mol. The molecule has 3 rings (SSSR count). The fourth-order valence-corrected chi connectivity index (χ4v) is 3.24. The molecular formula is C18H23NO3. The van der Waals surface area contributed by atoms with Crippen LogP contribution in [0.1, 0.15) is 18.4 Å². The minimum absolute atomic E-state index is 0.293. The van der Waals surface area contributed by atoms with Crippen molar-refractivity contribution in [3.05, 3.63) is 35.4 Å². The number of benzene rings is 1. The summed E-state index contributed by atoms with van der Waals surface area (Å²) in [5, 5.41) is 0. The van der Waals surface area contributed by atoms with Crippen LogP contribution < -0.4 is 4.74 Å². The van der Waals surface area contributed by atoms with Gasteiger partial charge in [0.1, 0.15) is 5.75 Å². The molecule has 0 N–H and O–H groups in total. The van der Waals surface area contributed by atoms with Crippen LogP contribution in [0.3, 0.4) is 0 Å². The molecule has 4 nitrogen and oxygen atoms in total. The third kappa shape index (κ3) is 3.76. The lowest BCUT2D eigenvalue weighted by atomic mass is 10.1. The maximum absolute atomic E-state index is 12.2. The lowest BCUT2D eigenvalue weighted by Gasteiger charge is -2.28. The first-order valence-electron chi connectivity index (χ1n) is 7.92. The Balaban J connectivity index is 1.64. The molecule has 0 spiro atoms. The van der Waals surface area contributed by atoms with E-state index in [9.17, 15) is 4.79 Å². The number of rotatable bonds is 4. The highest BCUT2D eigenvalue weighted by atomic mass is 16.5. The van der Waals surface area contributed by atoms with Gasteiger partial charge in [-0.1, -0.05) is 12.1 Å². The van der Waals surface area contributed by atoms with Crippen molar-refractivity contribution in [2.24, 2.45) is 5.92 Å². The number of nitrogens with zero attached hydrogens (tertiary/aromatic N) is 1. The number of Topliss-reactive ketones (excluding diaryl/α,β-unsaturated/α-hetero) is 1. The number of hydrogen-bond donors (Lipinski definition) is 0. The van der Waals surface area contributed by atoms with Crippen molar-refractivity contribution in [2.75, 3.05) is 40.0 Å². The summed E-state index contributed by atoms with van der Waals surface area (Å²) in [5.74, 6) is 1.56. The van der Waals surface area contributed by atoms with Gasteiger partial charge in [0.25, 0.3) is 0 Å². The van der Waals surface area contributed by atoms with E-state index in [0.717, 1.165) is 56.2 Å². The van der Waals surface area contributed by atoms with E-state index in [-0.39, 0.29) is 0 Å². The van der Waals surface area contributed by atoms with Crippen LogP contribution >= 0.6 is 0 Å². The molecular weight excluding hydrogens is 278 g/mol. The van der Waals surface area contributed by atoms with Crippen LogP contribution in [0.5, 0.6) is 5.75 Å². The molecule has 1 atom stereocenters. The van der Waals surface area contributed by atoms with E-state index in [1.54, 1.807) is 7.11 Å². The van der Waals surface area contributed by atoms with Gasteiger partial charge < -0.3 is 9.47 Å². The van der Waals surface area contributed by atoms with E-state index in [2.05, 4.69) is 4.90 Å². The van der Waals surface area contributed by atoms with Gasteiger partial charge in [-0.2, -0.15) is 0 Å². The van der Waals surface area contributed by atoms with Crippen molar-refractivity contribution < 1.29 is 14.3 Å². The largest absolute Gasteiger partial charge is 0.497 e. The van der Waals surface area contributed by atoms with E-state index < -0.39 is 0 Å². The van der Waals surface area contributed by atoms with E-state index >= 15 is 0 Å². The maximum Gasteiger partial charge on any atom is 0.159 e. The molecule has 1 saturated carbocycles. The molecule has 1 aliphatic carbocycles. The van der Waals surface area contributed by atoms with Crippen molar-refractivity contribution in [3.8, 4) is 5.75 Å². The van der Waals surface area contributed by atoms with Gasteiger partial charge in [-0.15, -0.1) is 0 Å². The van der Waals surface area contributed by atoms with Gasteiger partial charge in [0.15, 0.2) is 5.78 Å². The highest BCUT2D eigenvalue weighted by Crippen LogP contribution is 2.30. The molecule has 2 aliphatic rings. The molecule has 0 bridgehead atoms.